The summed E-state index contributed by atoms with van der Waals surface area (Å²) >= 11 is 0. The van der Waals surface area contributed by atoms with Gasteiger partial charge in [0.1, 0.15) is 11.9 Å². The van der Waals surface area contributed by atoms with Crippen molar-refractivity contribution in [2.24, 2.45) is 11.5 Å². The molecule has 8 heteroatoms. The number of carbonyl (C=O) groups excluding carboxylic acids is 3. The smallest absolute Gasteiger partial charge is 0.299 e. The van der Waals surface area contributed by atoms with Crippen molar-refractivity contribution < 1.29 is 23.2 Å². The van der Waals surface area contributed by atoms with Crippen LogP contribution in [0.1, 0.15) is 10.4 Å². The van der Waals surface area contributed by atoms with Gasteiger partial charge in [-0.1, -0.05) is 0 Å². The fourth-order valence-electron chi connectivity index (χ4n) is 1.81. The highest BCUT2D eigenvalue weighted by molar-refractivity contribution is 6.52. The Balaban J connectivity index is 2.47. The Morgan fingerprint density at radius 2 is 1.95 bits per heavy atom. The van der Waals surface area contributed by atoms with Gasteiger partial charge in [0.25, 0.3) is 11.7 Å². The Labute approximate surface area is 106 Å². The van der Waals surface area contributed by atoms with Gasteiger partial charge in [0.15, 0.2) is 5.82 Å². The number of hydrogen-bond donors (Lipinski definition) is 2. The minimum atomic E-state index is -1.26. The molecule has 1 unspecified atom stereocenters. The molecule has 1 aromatic carbocycles. The van der Waals surface area contributed by atoms with E-state index in [1.54, 1.807) is 0 Å². The van der Waals surface area contributed by atoms with Gasteiger partial charge in [-0.3, -0.25) is 19.3 Å². The van der Waals surface area contributed by atoms with Crippen molar-refractivity contribution in [3.8, 4) is 0 Å². The first-order valence-electron chi connectivity index (χ1n) is 5.23. The first kappa shape index (κ1) is 13.1. The number of rotatable bonds is 3. The molecule has 0 aliphatic carbocycles. The van der Waals surface area contributed by atoms with E-state index in [1.807, 2.05) is 0 Å². The van der Waals surface area contributed by atoms with Crippen LogP contribution in [0.25, 0.3) is 0 Å². The van der Waals surface area contributed by atoms with E-state index in [2.05, 4.69) is 0 Å². The van der Waals surface area contributed by atoms with Gasteiger partial charge in [-0.15, -0.1) is 0 Å². The second kappa shape index (κ2) is 4.39. The molecule has 1 heterocycles. The van der Waals surface area contributed by atoms with Crippen molar-refractivity contribution in [1.82, 2.24) is 0 Å². The number of Topliss-reactive ketones (excluding diaryl/α,β-unsaturated/α-hetero) is 1. The molecule has 2 rings (SSSR count). The number of primary amides is 1. The Hall–Kier alpha value is -2.35. The van der Waals surface area contributed by atoms with Crippen LogP contribution in [0.15, 0.2) is 12.1 Å². The van der Waals surface area contributed by atoms with Gasteiger partial charge in [-0.25, -0.2) is 8.78 Å². The highest BCUT2D eigenvalue weighted by atomic mass is 19.1. The minimum Gasteiger partial charge on any atom is -0.368 e. The number of amides is 2. The average Bonchev–Trinajstić information content (AvgIpc) is 2.54. The number of nitrogens with two attached hydrogens (primary N) is 2. The van der Waals surface area contributed by atoms with Gasteiger partial charge in [-0.2, -0.15) is 0 Å². The summed E-state index contributed by atoms with van der Waals surface area (Å²) in [4.78, 5) is 34.8. The van der Waals surface area contributed by atoms with Crippen molar-refractivity contribution in [2.75, 3.05) is 11.4 Å². The second-order valence-corrected chi connectivity index (χ2v) is 4.04. The Kier molecular flexibility index (Phi) is 3.03. The van der Waals surface area contributed by atoms with Gasteiger partial charge in [0.05, 0.1) is 17.8 Å². The standard InChI is InChI=1S/C11H9F2N3O3/c12-4-1-5-8(6(13)2-4)16(11(19)9(5)17)3-7(14)10(15)18/h1-2,7H,3,14H2,(H2,15,18). The maximum Gasteiger partial charge on any atom is 0.299 e. The van der Waals surface area contributed by atoms with Crippen LogP contribution < -0.4 is 16.4 Å². The lowest BCUT2D eigenvalue weighted by Crippen LogP contribution is -2.47. The van der Waals surface area contributed by atoms with Crippen molar-refractivity contribution in [3.63, 3.8) is 0 Å². The van der Waals surface area contributed by atoms with E-state index >= 15 is 0 Å². The molecule has 0 fully saturated rings. The molecule has 4 N–H and O–H groups in total. The predicted octanol–water partition coefficient (Wildman–Crippen LogP) is -0.693. The molecule has 0 saturated heterocycles. The molecular formula is C11H9F2N3O3. The molecule has 19 heavy (non-hydrogen) atoms. The number of fused-ring (bicyclic) bond motifs is 1. The van der Waals surface area contributed by atoms with Crippen molar-refractivity contribution >= 4 is 23.3 Å². The molecule has 1 atom stereocenters. The summed E-state index contributed by atoms with van der Waals surface area (Å²) in [5.41, 5.74) is 9.53. The predicted molar refractivity (Wildman–Crippen MR) is 60.2 cm³/mol. The SMILES string of the molecule is NC(=O)C(N)CN1C(=O)C(=O)c2cc(F)cc(F)c21. The monoisotopic (exact) mass is 269 g/mol. The third-order valence-corrected chi connectivity index (χ3v) is 2.73. The Morgan fingerprint density at radius 1 is 1.32 bits per heavy atom. The summed E-state index contributed by atoms with van der Waals surface area (Å²) in [6, 6.07) is 0.0363. The van der Waals surface area contributed by atoms with Crippen LogP contribution >= 0.6 is 0 Å². The van der Waals surface area contributed by atoms with Crippen molar-refractivity contribution in [2.45, 2.75) is 6.04 Å². The molecule has 0 spiro atoms. The van der Waals surface area contributed by atoms with E-state index in [0.29, 0.717) is 11.0 Å². The number of ketones is 1. The maximum absolute atomic E-state index is 13.7. The molecular weight excluding hydrogens is 260 g/mol. The largest absolute Gasteiger partial charge is 0.368 e. The lowest BCUT2D eigenvalue weighted by molar-refractivity contribution is -0.119. The molecule has 1 aliphatic rings. The highest BCUT2D eigenvalue weighted by Crippen LogP contribution is 2.32. The van der Waals surface area contributed by atoms with E-state index < -0.39 is 41.8 Å². The average molecular weight is 269 g/mol. The molecule has 6 nitrogen and oxygen atoms in total. The molecule has 100 valence electrons. The molecule has 2 amide bonds. The number of anilines is 1. The van der Waals surface area contributed by atoms with Crippen LogP contribution in [0.4, 0.5) is 14.5 Å². The van der Waals surface area contributed by atoms with E-state index in [9.17, 15) is 23.2 Å². The van der Waals surface area contributed by atoms with E-state index in [4.69, 9.17) is 11.5 Å². The molecule has 1 aromatic rings. The Bertz CT molecular complexity index is 603. The number of benzene rings is 1. The third-order valence-electron chi connectivity index (χ3n) is 2.73. The van der Waals surface area contributed by atoms with Crippen LogP contribution in [0.3, 0.4) is 0 Å². The number of hydrogen-bond acceptors (Lipinski definition) is 4. The second-order valence-electron chi connectivity index (χ2n) is 4.04. The van der Waals surface area contributed by atoms with Gasteiger partial charge >= 0.3 is 0 Å². The summed E-state index contributed by atoms with van der Waals surface area (Å²) in [6.07, 6.45) is 0. The topological polar surface area (TPSA) is 106 Å². The number of carbonyl (C=O) groups is 3. The van der Waals surface area contributed by atoms with Crippen molar-refractivity contribution in [3.05, 3.63) is 29.3 Å². The lowest BCUT2D eigenvalue weighted by atomic mass is 10.1. The minimum absolute atomic E-state index is 0.381. The molecule has 1 aliphatic heterocycles. The zero-order valence-electron chi connectivity index (χ0n) is 9.52. The number of halogens is 2. The normalized spacial score (nSPS) is 15.6. The van der Waals surface area contributed by atoms with Crippen LogP contribution in [0.5, 0.6) is 0 Å². The number of nitrogens with zero attached hydrogens (tertiary/aromatic N) is 1. The lowest BCUT2D eigenvalue weighted by Gasteiger charge is -2.19. The van der Waals surface area contributed by atoms with Crippen LogP contribution in [0.2, 0.25) is 0 Å². The summed E-state index contributed by atoms with van der Waals surface area (Å²) in [5, 5.41) is 0. The molecule has 0 radical (unpaired) electrons. The first-order chi connectivity index (χ1) is 8.82. The third kappa shape index (κ3) is 2.06. The van der Waals surface area contributed by atoms with Crippen LogP contribution in [-0.2, 0) is 9.59 Å². The summed E-state index contributed by atoms with van der Waals surface area (Å²) in [6.45, 7) is -0.449. The zero-order valence-corrected chi connectivity index (χ0v) is 9.52. The quantitative estimate of drug-likeness (QED) is 0.708. The maximum atomic E-state index is 13.7. The van der Waals surface area contributed by atoms with Gasteiger partial charge in [-0.05, 0) is 6.07 Å². The highest BCUT2D eigenvalue weighted by Gasteiger charge is 2.39. The summed E-state index contributed by atoms with van der Waals surface area (Å²) in [7, 11) is 0. The van der Waals surface area contributed by atoms with Gasteiger partial charge in [0.2, 0.25) is 5.91 Å². The Morgan fingerprint density at radius 3 is 2.53 bits per heavy atom. The molecule has 0 aromatic heterocycles. The molecule has 0 bridgehead atoms. The van der Waals surface area contributed by atoms with Crippen LogP contribution in [0, 0.1) is 11.6 Å². The van der Waals surface area contributed by atoms with Gasteiger partial charge < -0.3 is 11.5 Å². The molecule has 0 saturated carbocycles. The van der Waals surface area contributed by atoms with E-state index in [0.717, 1.165) is 6.07 Å². The van der Waals surface area contributed by atoms with Gasteiger partial charge in [0, 0.05) is 6.07 Å². The fourth-order valence-corrected chi connectivity index (χ4v) is 1.81. The summed E-state index contributed by atoms with van der Waals surface area (Å²) in [5.74, 6) is -5.08. The zero-order chi connectivity index (χ0) is 14.3. The van der Waals surface area contributed by atoms with Crippen LogP contribution in [-0.4, -0.2) is 30.2 Å². The first-order valence-corrected chi connectivity index (χ1v) is 5.23. The van der Waals surface area contributed by atoms with E-state index in [-0.39, 0.29) is 11.3 Å². The summed E-state index contributed by atoms with van der Waals surface area (Å²) < 4.78 is 26.7. The van der Waals surface area contributed by atoms with E-state index in [1.165, 1.54) is 0 Å². The fraction of sp³-hybridized carbons (Fsp3) is 0.182. The van der Waals surface area contributed by atoms with Crippen molar-refractivity contribution in [1.29, 1.82) is 0 Å².